The van der Waals surface area contributed by atoms with Crippen molar-refractivity contribution in [3.05, 3.63) is 89.2 Å². The van der Waals surface area contributed by atoms with Gasteiger partial charge in [0.15, 0.2) is 0 Å². The minimum absolute atomic E-state index is 0.173. The van der Waals surface area contributed by atoms with Gasteiger partial charge in [0.05, 0.1) is 18.7 Å². The maximum atomic E-state index is 14.5. The van der Waals surface area contributed by atoms with Gasteiger partial charge < -0.3 is 24.2 Å². The Morgan fingerprint density at radius 3 is 2.33 bits per heavy atom. The molecule has 2 atom stereocenters. The van der Waals surface area contributed by atoms with E-state index in [1.54, 1.807) is 9.80 Å². The molecule has 0 saturated heterocycles. The highest BCUT2D eigenvalue weighted by molar-refractivity contribution is 6.01. The first-order chi connectivity index (χ1) is 22.3. The van der Waals surface area contributed by atoms with E-state index in [9.17, 15) is 24.3 Å². The molecule has 10 heteroatoms. The number of ether oxygens (including phenoxy) is 1. The summed E-state index contributed by atoms with van der Waals surface area (Å²) in [6.45, 7) is 0.316. The van der Waals surface area contributed by atoms with Gasteiger partial charge in [0, 0.05) is 50.9 Å². The van der Waals surface area contributed by atoms with Crippen molar-refractivity contribution in [2.75, 3.05) is 18.0 Å². The number of rotatable bonds is 9. The van der Waals surface area contributed by atoms with E-state index in [4.69, 9.17) is 4.74 Å². The maximum absolute atomic E-state index is 14.5. The topological polar surface area (TPSA) is 112 Å². The number of amides is 3. The molecule has 0 spiro atoms. The Kier molecular flexibility index (Phi) is 9.42. The minimum Gasteiger partial charge on any atom is -0.481 e. The monoisotopic (exact) mass is 626 g/mol. The van der Waals surface area contributed by atoms with Crippen LogP contribution in [0.1, 0.15) is 60.9 Å². The minimum atomic E-state index is -0.977. The molecule has 3 heterocycles. The van der Waals surface area contributed by atoms with Gasteiger partial charge in [0.2, 0.25) is 11.8 Å². The molecule has 3 amide bonds. The molecular weight excluding hydrogens is 584 g/mol. The molecule has 1 aromatic heterocycles. The summed E-state index contributed by atoms with van der Waals surface area (Å²) in [7, 11) is 1.94. The van der Waals surface area contributed by atoms with Crippen molar-refractivity contribution < 1.29 is 29.0 Å². The summed E-state index contributed by atoms with van der Waals surface area (Å²) in [5, 5.41) is 9.67. The smallest absolute Gasteiger partial charge is 0.415 e. The first kappa shape index (κ1) is 31.4. The van der Waals surface area contributed by atoms with E-state index in [2.05, 4.69) is 0 Å². The number of benzene rings is 2. The summed E-state index contributed by atoms with van der Waals surface area (Å²) in [5.74, 6) is -1.62. The van der Waals surface area contributed by atoms with Crippen LogP contribution < -0.4 is 4.90 Å². The van der Waals surface area contributed by atoms with Gasteiger partial charge in [-0.05, 0) is 67.0 Å². The van der Waals surface area contributed by atoms with E-state index in [0.717, 1.165) is 54.5 Å². The second kappa shape index (κ2) is 13.8. The standard InChI is InChI=1S/C36H42N4O6/c1-37-18-9-13-28(37)17-19-38(24-33(41)39-23-27-12-6-5-10-25(27)20-29(39)22-34(42)43)35(44)32-21-26-11-7-8-16-31(26)40(32)36(45)46-30-14-3-2-4-15-30/h5-13,16,18,29-30,32H,2-4,14-15,17,19-24H2,1H3,(H,42,43)/t29-,32-/m1/s1. The van der Waals surface area contributed by atoms with Crippen LogP contribution in [0.2, 0.25) is 0 Å². The summed E-state index contributed by atoms with van der Waals surface area (Å²) in [6, 6.07) is 17.8. The predicted molar refractivity (Wildman–Crippen MR) is 172 cm³/mol. The van der Waals surface area contributed by atoms with Gasteiger partial charge in [0.1, 0.15) is 12.1 Å². The molecule has 3 aliphatic rings. The van der Waals surface area contributed by atoms with Gasteiger partial charge in [-0.25, -0.2) is 4.79 Å². The van der Waals surface area contributed by atoms with E-state index in [1.807, 2.05) is 78.5 Å². The molecule has 6 rings (SSSR count). The van der Waals surface area contributed by atoms with Crippen LogP contribution in [0.4, 0.5) is 10.5 Å². The number of aromatic nitrogens is 1. The molecule has 3 aromatic rings. The van der Waals surface area contributed by atoms with Gasteiger partial charge >= 0.3 is 12.1 Å². The van der Waals surface area contributed by atoms with Gasteiger partial charge in [-0.1, -0.05) is 48.9 Å². The average Bonchev–Trinajstić information content (AvgIpc) is 3.65. The van der Waals surface area contributed by atoms with Crippen molar-refractivity contribution in [3.63, 3.8) is 0 Å². The molecule has 46 heavy (non-hydrogen) atoms. The Labute approximate surface area is 269 Å². The lowest BCUT2D eigenvalue weighted by atomic mass is 9.92. The molecule has 1 N–H and O–H groups in total. The SMILES string of the molecule is Cn1cccc1CCN(CC(=O)N1Cc2ccccc2C[C@@H]1CC(=O)O)C(=O)[C@H]1Cc2ccccc2N1C(=O)OC1CCCCC1. The quantitative estimate of drug-likeness (QED) is 0.368. The summed E-state index contributed by atoms with van der Waals surface area (Å²) in [5.41, 5.74) is 4.55. The van der Waals surface area contributed by atoms with Crippen molar-refractivity contribution in [2.24, 2.45) is 7.05 Å². The molecule has 0 unspecified atom stereocenters. The van der Waals surface area contributed by atoms with Crippen molar-refractivity contribution in [2.45, 2.75) is 82.5 Å². The predicted octanol–water partition coefficient (Wildman–Crippen LogP) is 4.73. The lowest BCUT2D eigenvalue weighted by molar-refractivity contribution is -0.145. The Hall–Kier alpha value is -4.60. The zero-order valence-electron chi connectivity index (χ0n) is 26.3. The number of carboxylic acid groups (broad SMARTS) is 1. The van der Waals surface area contributed by atoms with Crippen LogP contribution in [0.5, 0.6) is 0 Å². The highest BCUT2D eigenvalue weighted by atomic mass is 16.6. The zero-order chi connectivity index (χ0) is 32.2. The van der Waals surface area contributed by atoms with E-state index >= 15 is 0 Å². The van der Waals surface area contributed by atoms with E-state index in [-0.39, 0.29) is 44.0 Å². The first-order valence-corrected chi connectivity index (χ1v) is 16.3. The van der Waals surface area contributed by atoms with Crippen LogP contribution in [-0.4, -0.2) is 74.6 Å². The van der Waals surface area contributed by atoms with Gasteiger partial charge in [-0.15, -0.1) is 0 Å². The third kappa shape index (κ3) is 6.80. The Morgan fingerprint density at radius 2 is 1.61 bits per heavy atom. The first-order valence-electron chi connectivity index (χ1n) is 16.3. The molecule has 0 bridgehead atoms. The molecule has 1 fully saturated rings. The van der Waals surface area contributed by atoms with Crippen LogP contribution in [0, 0.1) is 0 Å². The van der Waals surface area contributed by atoms with Crippen LogP contribution in [-0.2, 0) is 52.0 Å². The molecule has 2 aromatic carbocycles. The van der Waals surface area contributed by atoms with Crippen molar-refractivity contribution in [1.29, 1.82) is 0 Å². The third-order valence-electron chi connectivity index (χ3n) is 9.69. The maximum Gasteiger partial charge on any atom is 0.415 e. The number of carboxylic acids is 1. The molecule has 1 saturated carbocycles. The summed E-state index contributed by atoms with van der Waals surface area (Å²) < 4.78 is 7.95. The van der Waals surface area contributed by atoms with Crippen molar-refractivity contribution in [1.82, 2.24) is 14.4 Å². The van der Waals surface area contributed by atoms with Crippen molar-refractivity contribution in [3.8, 4) is 0 Å². The van der Waals surface area contributed by atoms with Gasteiger partial charge in [-0.2, -0.15) is 0 Å². The highest BCUT2D eigenvalue weighted by Crippen LogP contribution is 2.35. The summed E-state index contributed by atoms with van der Waals surface area (Å²) in [6.07, 6.45) is 7.09. The van der Waals surface area contributed by atoms with Crippen LogP contribution >= 0.6 is 0 Å². The Morgan fingerprint density at radius 1 is 0.891 bits per heavy atom. The molecule has 2 aliphatic heterocycles. The number of aryl methyl sites for hydroxylation is 1. The molecule has 1 aliphatic carbocycles. The number of para-hydroxylation sites is 1. The molecular formula is C36H42N4O6. The number of hydrogen-bond acceptors (Lipinski definition) is 5. The average molecular weight is 627 g/mol. The van der Waals surface area contributed by atoms with E-state index < -0.39 is 24.1 Å². The second-order valence-electron chi connectivity index (χ2n) is 12.7. The molecule has 10 nitrogen and oxygen atoms in total. The zero-order valence-corrected chi connectivity index (χ0v) is 26.3. The normalized spacial score (nSPS) is 19.3. The number of carbonyl (C=O) groups excluding carboxylic acids is 3. The number of aliphatic carboxylic acids is 1. The van der Waals surface area contributed by atoms with E-state index in [1.165, 1.54) is 4.90 Å². The van der Waals surface area contributed by atoms with Crippen LogP contribution in [0.25, 0.3) is 0 Å². The fourth-order valence-corrected chi connectivity index (χ4v) is 7.19. The second-order valence-corrected chi connectivity index (χ2v) is 12.7. The fraction of sp³-hybridized carbons (Fsp3) is 0.444. The van der Waals surface area contributed by atoms with Crippen LogP contribution in [0.15, 0.2) is 66.9 Å². The van der Waals surface area contributed by atoms with Gasteiger partial charge in [0.25, 0.3) is 0 Å². The number of carbonyl (C=O) groups is 4. The van der Waals surface area contributed by atoms with Gasteiger partial charge in [-0.3, -0.25) is 19.3 Å². The summed E-state index contributed by atoms with van der Waals surface area (Å²) >= 11 is 0. The fourth-order valence-electron chi connectivity index (χ4n) is 7.19. The number of hydrogen-bond donors (Lipinski definition) is 1. The number of nitrogens with zero attached hydrogens (tertiary/aromatic N) is 4. The largest absolute Gasteiger partial charge is 0.481 e. The van der Waals surface area contributed by atoms with Crippen molar-refractivity contribution >= 4 is 29.6 Å². The van der Waals surface area contributed by atoms with E-state index in [0.29, 0.717) is 24.9 Å². The lowest BCUT2D eigenvalue weighted by Gasteiger charge is -2.38. The third-order valence-corrected chi connectivity index (χ3v) is 9.69. The Balaban J connectivity index is 1.27. The summed E-state index contributed by atoms with van der Waals surface area (Å²) in [4.78, 5) is 58.8. The van der Waals surface area contributed by atoms with Crippen LogP contribution in [0.3, 0.4) is 0 Å². The molecule has 242 valence electrons. The number of fused-ring (bicyclic) bond motifs is 2. The lowest BCUT2D eigenvalue weighted by Crippen LogP contribution is -2.55. The number of anilines is 1. The molecule has 0 radical (unpaired) electrons. The Bertz CT molecular complexity index is 1590. The highest BCUT2D eigenvalue weighted by Gasteiger charge is 2.43.